The second-order valence-corrected chi connectivity index (χ2v) is 8.52. The van der Waals surface area contributed by atoms with Crippen molar-refractivity contribution >= 4 is 28.8 Å². The topological polar surface area (TPSA) is 49.4 Å². The summed E-state index contributed by atoms with van der Waals surface area (Å²) in [4.78, 5) is 28.2. The maximum Gasteiger partial charge on any atom is 0.282 e. The van der Waals surface area contributed by atoms with Gasteiger partial charge in [-0.25, -0.2) is 13.7 Å². The van der Waals surface area contributed by atoms with Crippen LogP contribution in [0, 0.1) is 25.5 Å². The minimum absolute atomic E-state index is 0.0225. The Morgan fingerprint density at radius 3 is 2.21 bits per heavy atom. The fourth-order valence-electron chi connectivity index (χ4n) is 3.96. The highest BCUT2D eigenvalue weighted by molar-refractivity contribution is 6.46. The molecule has 1 N–H and O–H groups in total. The number of amides is 2. The molecule has 4 nitrogen and oxygen atoms in total. The first kappa shape index (κ1) is 23.4. The number of nitrogens with zero attached hydrogens (tertiary/aromatic N) is 1. The Hall–Kier alpha value is -3.80. The highest BCUT2D eigenvalue weighted by Gasteiger charge is 2.40. The van der Waals surface area contributed by atoms with Crippen LogP contribution in [-0.2, 0) is 16.0 Å². The molecule has 3 aromatic rings. The summed E-state index contributed by atoms with van der Waals surface area (Å²) in [6, 6.07) is 16.1. The second kappa shape index (κ2) is 9.59. The van der Waals surface area contributed by atoms with Gasteiger partial charge in [0.05, 0.1) is 11.3 Å². The van der Waals surface area contributed by atoms with Crippen LogP contribution in [0.25, 0.3) is 5.57 Å². The first-order valence-corrected chi connectivity index (χ1v) is 11.3. The zero-order valence-electron chi connectivity index (χ0n) is 19.4. The van der Waals surface area contributed by atoms with E-state index < -0.39 is 23.4 Å². The van der Waals surface area contributed by atoms with E-state index in [1.165, 1.54) is 6.07 Å². The zero-order chi connectivity index (χ0) is 24.4. The summed E-state index contributed by atoms with van der Waals surface area (Å²) in [5.41, 5.74) is 4.57. The summed E-state index contributed by atoms with van der Waals surface area (Å²) >= 11 is 0. The van der Waals surface area contributed by atoms with E-state index in [9.17, 15) is 18.4 Å². The molecule has 0 fully saturated rings. The number of carbonyl (C=O) groups excluding carboxylic acids is 2. The lowest BCUT2D eigenvalue weighted by Crippen LogP contribution is -2.32. The van der Waals surface area contributed by atoms with Gasteiger partial charge in [-0.3, -0.25) is 9.59 Å². The molecular weight excluding hydrogens is 434 g/mol. The molecule has 0 aliphatic carbocycles. The molecule has 0 atom stereocenters. The van der Waals surface area contributed by atoms with Crippen molar-refractivity contribution in [3.8, 4) is 0 Å². The SMILES string of the molecule is CCCCc1ccc(N2C(=O)C(Nc3ccc(F)c(F)c3)=C(c3ccc(C)c(C)c3)C2=O)cc1. The number of aryl methyl sites for hydroxylation is 3. The summed E-state index contributed by atoms with van der Waals surface area (Å²) in [7, 11) is 0. The third kappa shape index (κ3) is 4.49. The largest absolute Gasteiger partial charge is 0.350 e. The Morgan fingerprint density at radius 1 is 0.824 bits per heavy atom. The standard InChI is InChI=1S/C28H26F2N2O2/c1-4-5-6-19-8-12-22(13-9-19)32-27(33)25(20-10-7-17(2)18(3)15-20)26(28(32)34)31-21-11-14-23(29)24(30)16-21/h7-16,31H,4-6H2,1-3H3. The smallest absolute Gasteiger partial charge is 0.282 e. The lowest BCUT2D eigenvalue weighted by Gasteiger charge is -2.16. The van der Waals surface area contributed by atoms with Gasteiger partial charge in [-0.05, 0) is 73.2 Å². The van der Waals surface area contributed by atoms with Gasteiger partial charge >= 0.3 is 0 Å². The average Bonchev–Trinajstić information content (AvgIpc) is 3.06. The van der Waals surface area contributed by atoms with E-state index >= 15 is 0 Å². The van der Waals surface area contributed by atoms with Crippen LogP contribution in [0.5, 0.6) is 0 Å². The second-order valence-electron chi connectivity index (χ2n) is 8.52. The number of benzene rings is 3. The fraction of sp³-hybridized carbons (Fsp3) is 0.214. The predicted octanol–water partition coefficient (Wildman–Crippen LogP) is 6.32. The fourth-order valence-corrected chi connectivity index (χ4v) is 3.96. The summed E-state index contributed by atoms with van der Waals surface area (Å²) in [6.07, 6.45) is 3.06. The van der Waals surface area contributed by atoms with Crippen molar-refractivity contribution in [1.82, 2.24) is 0 Å². The number of halogens is 2. The molecule has 6 heteroatoms. The van der Waals surface area contributed by atoms with Crippen molar-refractivity contribution in [3.05, 3.63) is 100 Å². The van der Waals surface area contributed by atoms with E-state index in [1.807, 2.05) is 38.1 Å². The van der Waals surface area contributed by atoms with E-state index in [0.717, 1.165) is 53.0 Å². The molecule has 1 heterocycles. The zero-order valence-corrected chi connectivity index (χ0v) is 19.4. The van der Waals surface area contributed by atoms with Gasteiger partial charge < -0.3 is 5.32 Å². The van der Waals surface area contributed by atoms with Crippen LogP contribution in [0.3, 0.4) is 0 Å². The summed E-state index contributed by atoms with van der Waals surface area (Å²) in [6.45, 7) is 6.01. The van der Waals surface area contributed by atoms with Gasteiger partial charge in [0.2, 0.25) is 0 Å². The maximum absolute atomic E-state index is 13.8. The quantitative estimate of drug-likeness (QED) is 0.420. The molecule has 34 heavy (non-hydrogen) atoms. The van der Waals surface area contributed by atoms with Gasteiger partial charge in [0.15, 0.2) is 11.6 Å². The van der Waals surface area contributed by atoms with Gasteiger partial charge in [-0.2, -0.15) is 0 Å². The highest BCUT2D eigenvalue weighted by Crippen LogP contribution is 2.34. The first-order chi connectivity index (χ1) is 16.3. The van der Waals surface area contributed by atoms with Crippen LogP contribution >= 0.6 is 0 Å². The molecule has 0 unspecified atom stereocenters. The number of unbranched alkanes of at least 4 members (excludes halogenated alkanes) is 1. The predicted molar refractivity (Wildman–Crippen MR) is 130 cm³/mol. The normalized spacial score (nSPS) is 13.7. The Bertz CT molecular complexity index is 1300. The van der Waals surface area contributed by atoms with Crippen LogP contribution in [0.15, 0.2) is 66.4 Å². The van der Waals surface area contributed by atoms with Gasteiger partial charge in [-0.1, -0.05) is 43.7 Å². The molecular formula is C28H26F2N2O2. The van der Waals surface area contributed by atoms with Crippen molar-refractivity contribution in [2.24, 2.45) is 0 Å². The molecule has 0 saturated heterocycles. The van der Waals surface area contributed by atoms with Crippen molar-refractivity contribution in [3.63, 3.8) is 0 Å². The van der Waals surface area contributed by atoms with Crippen LogP contribution in [-0.4, -0.2) is 11.8 Å². The number of nitrogens with one attached hydrogen (secondary N) is 1. The molecule has 0 bridgehead atoms. The minimum Gasteiger partial charge on any atom is -0.350 e. The molecule has 0 radical (unpaired) electrons. The highest BCUT2D eigenvalue weighted by atomic mass is 19.2. The Labute approximate surface area is 197 Å². The first-order valence-electron chi connectivity index (χ1n) is 11.3. The number of imide groups is 1. The van der Waals surface area contributed by atoms with Crippen LogP contribution in [0.1, 0.15) is 42.0 Å². The lowest BCUT2D eigenvalue weighted by atomic mass is 9.99. The summed E-state index contributed by atoms with van der Waals surface area (Å²) in [5.74, 6) is -3.06. The van der Waals surface area contributed by atoms with Crippen molar-refractivity contribution in [2.45, 2.75) is 40.0 Å². The van der Waals surface area contributed by atoms with Gasteiger partial charge in [0, 0.05) is 11.8 Å². The molecule has 3 aromatic carbocycles. The number of rotatable bonds is 7. The molecule has 0 saturated carbocycles. The van der Waals surface area contributed by atoms with Crippen molar-refractivity contribution in [1.29, 1.82) is 0 Å². The van der Waals surface area contributed by atoms with E-state index in [4.69, 9.17) is 0 Å². The molecule has 4 rings (SSSR count). The van der Waals surface area contributed by atoms with Gasteiger partial charge in [-0.15, -0.1) is 0 Å². The minimum atomic E-state index is -1.05. The molecule has 1 aliphatic rings. The van der Waals surface area contributed by atoms with E-state index in [-0.39, 0.29) is 17.0 Å². The van der Waals surface area contributed by atoms with E-state index in [1.54, 1.807) is 18.2 Å². The molecule has 0 aromatic heterocycles. The lowest BCUT2D eigenvalue weighted by molar-refractivity contribution is -0.120. The molecule has 1 aliphatic heterocycles. The third-order valence-electron chi connectivity index (χ3n) is 6.08. The molecule has 174 valence electrons. The average molecular weight is 461 g/mol. The Morgan fingerprint density at radius 2 is 1.56 bits per heavy atom. The Kier molecular flexibility index (Phi) is 6.59. The van der Waals surface area contributed by atoms with Crippen molar-refractivity contribution in [2.75, 3.05) is 10.2 Å². The molecule has 0 spiro atoms. The third-order valence-corrected chi connectivity index (χ3v) is 6.08. The summed E-state index contributed by atoms with van der Waals surface area (Å²) < 4.78 is 27.2. The number of hydrogen-bond acceptors (Lipinski definition) is 3. The van der Waals surface area contributed by atoms with E-state index in [0.29, 0.717) is 11.3 Å². The molecule has 2 amide bonds. The maximum atomic E-state index is 13.8. The van der Waals surface area contributed by atoms with Crippen LogP contribution in [0.2, 0.25) is 0 Å². The summed E-state index contributed by atoms with van der Waals surface area (Å²) in [5, 5.41) is 2.87. The van der Waals surface area contributed by atoms with Gasteiger partial charge in [0.1, 0.15) is 5.70 Å². The van der Waals surface area contributed by atoms with Crippen LogP contribution < -0.4 is 10.2 Å². The van der Waals surface area contributed by atoms with Crippen molar-refractivity contribution < 1.29 is 18.4 Å². The number of anilines is 2. The van der Waals surface area contributed by atoms with Gasteiger partial charge in [0.25, 0.3) is 11.8 Å². The monoisotopic (exact) mass is 460 g/mol. The van der Waals surface area contributed by atoms with Crippen LogP contribution in [0.4, 0.5) is 20.2 Å². The number of carbonyl (C=O) groups is 2. The number of hydrogen-bond donors (Lipinski definition) is 1. The Balaban J connectivity index is 1.76. The van der Waals surface area contributed by atoms with E-state index in [2.05, 4.69) is 12.2 Å².